The number of nitriles is 1. The molecule has 19 heavy (non-hydrogen) atoms. The fraction of sp³-hybridized carbons (Fsp3) is 0.200. The highest BCUT2D eigenvalue weighted by Gasteiger charge is 2.13. The standard InChI is InChI=1S/C10H5ClN2O4S2/c11-6-3-5-7(9(15)17-6)8(14)13-10(16-5)19-2-1-18-4-12/h3H,1-2H2. The predicted molar refractivity (Wildman–Crippen MR) is 72.6 cm³/mol. The third-order valence-corrected chi connectivity index (χ3v) is 3.78. The van der Waals surface area contributed by atoms with E-state index in [2.05, 4.69) is 9.40 Å². The van der Waals surface area contributed by atoms with Crippen LogP contribution in [0.25, 0.3) is 11.0 Å². The molecule has 0 atom stereocenters. The second kappa shape index (κ2) is 6.14. The first-order valence-electron chi connectivity index (χ1n) is 4.90. The maximum absolute atomic E-state index is 11.7. The van der Waals surface area contributed by atoms with Gasteiger partial charge in [-0.05, 0) is 23.4 Å². The maximum atomic E-state index is 11.7. The van der Waals surface area contributed by atoms with E-state index in [9.17, 15) is 9.59 Å². The van der Waals surface area contributed by atoms with E-state index in [1.54, 1.807) is 0 Å². The summed E-state index contributed by atoms with van der Waals surface area (Å²) < 4.78 is 9.89. The van der Waals surface area contributed by atoms with E-state index >= 15 is 0 Å². The zero-order chi connectivity index (χ0) is 13.8. The lowest BCUT2D eigenvalue weighted by Gasteiger charge is -1.99. The second-order valence-corrected chi connectivity index (χ2v) is 5.45. The maximum Gasteiger partial charge on any atom is 0.353 e. The van der Waals surface area contributed by atoms with Gasteiger partial charge in [-0.1, -0.05) is 11.8 Å². The van der Waals surface area contributed by atoms with Gasteiger partial charge >= 0.3 is 5.63 Å². The first-order chi connectivity index (χ1) is 9.11. The Balaban J connectivity index is 2.37. The van der Waals surface area contributed by atoms with Gasteiger partial charge in [0.05, 0.1) is 0 Å². The highest BCUT2D eigenvalue weighted by atomic mass is 35.5. The predicted octanol–water partition coefficient (Wildman–Crippen LogP) is 2.10. The lowest BCUT2D eigenvalue weighted by molar-refractivity contribution is 0.450. The van der Waals surface area contributed by atoms with Crippen LogP contribution in [0.5, 0.6) is 0 Å². The number of thioether (sulfide) groups is 2. The average molecular weight is 317 g/mol. The van der Waals surface area contributed by atoms with E-state index in [-0.39, 0.29) is 21.4 Å². The quantitative estimate of drug-likeness (QED) is 0.480. The number of aromatic nitrogens is 1. The Morgan fingerprint density at radius 3 is 2.89 bits per heavy atom. The van der Waals surface area contributed by atoms with Crippen LogP contribution in [0.1, 0.15) is 0 Å². The van der Waals surface area contributed by atoms with E-state index in [4.69, 9.17) is 21.3 Å². The lowest BCUT2D eigenvalue weighted by atomic mass is 10.3. The first kappa shape index (κ1) is 14.0. The molecule has 98 valence electrons. The molecule has 0 N–H and O–H groups in total. The number of hydrogen-bond donors (Lipinski definition) is 0. The molecule has 0 aliphatic rings. The minimum absolute atomic E-state index is 0.0386. The largest absolute Gasteiger partial charge is 0.432 e. The van der Waals surface area contributed by atoms with Crippen LogP contribution in [0.3, 0.4) is 0 Å². The zero-order valence-electron chi connectivity index (χ0n) is 9.21. The van der Waals surface area contributed by atoms with E-state index in [1.807, 2.05) is 5.40 Å². The molecule has 0 saturated carbocycles. The summed E-state index contributed by atoms with van der Waals surface area (Å²) in [5.74, 6) is 1.12. The van der Waals surface area contributed by atoms with Gasteiger partial charge in [0.15, 0.2) is 11.0 Å². The molecule has 0 aromatic carbocycles. The number of rotatable bonds is 4. The van der Waals surface area contributed by atoms with Crippen LogP contribution in [-0.2, 0) is 0 Å². The van der Waals surface area contributed by atoms with Gasteiger partial charge in [0.25, 0.3) is 10.8 Å². The molecule has 2 aromatic heterocycles. The number of halogens is 1. The van der Waals surface area contributed by atoms with Gasteiger partial charge in [-0.15, -0.1) is 0 Å². The van der Waals surface area contributed by atoms with Crippen molar-refractivity contribution < 1.29 is 8.83 Å². The Morgan fingerprint density at radius 2 is 2.16 bits per heavy atom. The molecule has 0 saturated heterocycles. The molecule has 2 rings (SSSR count). The Kier molecular flexibility index (Phi) is 4.52. The molecule has 0 unspecified atom stereocenters. The van der Waals surface area contributed by atoms with Crippen molar-refractivity contribution in [2.45, 2.75) is 5.22 Å². The Morgan fingerprint density at radius 1 is 1.37 bits per heavy atom. The van der Waals surface area contributed by atoms with Crippen molar-refractivity contribution in [1.82, 2.24) is 4.98 Å². The highest BCUT2D eigenvalue weighted by Crippen LogP contribution is 2.20. The van der Waals surface area contributed by atoms with Crippen LogP contribution < -0.4 is 11.2 Å². The van der Waals surface area contributed by atoms with Crippen molar-refractivity contribution >= 4 is 46.1 Å². The molecule has 0 spiro atoms. The molecule has 0 bridgehead atoms. The Bertz CT molecular complexity index is 765. The molecule has 0 aliphatic carbocycles. The smallest absolute Gasteiger partial charge is 0.353 e. The molecular weight excluding hydrogens is 312 g/mol. The summed E-state index contributed by atoms with van der Waals surface area (Å²) in [7, 11) is 0. The van der Waals surface area contributed by atoms with Crippen LogP contribution in [-0.4, -0.2) is 16.5 Å². The van der Waals surface area contributed by atoms with Crippen LogP contribution in [0.15, 0.2) is 29.7 Å². The molecule has 0 radical (unpaired) electrons. The monoisotopic (exact) mass is 316 g/mol. The summed E-state index contributed by atoms with van der Waals surface area (Å²) >= 11 is 7.85. The van der Waals surface area contributed by atoms with E-state index in [0.717, 1.165) is 11.8 Å². The summed E-state index contributed by atoms with van der Waals surface area (Å²) in [6, 6.07) is 1.25. The summed E-state index contributed by atoms with van der Waals surface area (Å²) in [5.41, 5.74) is -1.56. The van der Waals surface area contributed by atoms with Gasteiger partial charge < -0.3 is 8.83 Å². The van der Waals surface area contributed by atoms with Gasteiger partial charge in [0.2, 0.25) is 5.22 Å². The van der Waals surface area contributed by atoms with Crippen molar-refractivity contribution in [3.8, 4) is 5.40 Å². The van der Waals surface area contributed by atoms with Gasteiger partial charge in [-0.25, -0.2) is 4.79 Å². The van der Waals surface area contributed by atoms with Gasteiger partial charge in [-0.3, -0.25) is 4.79 Å². The fourth-order valence-electron chi connectivity index (χ4n) is 1.25. The number of nitrogens with zero attached hydrogens (tertiary/aromatic N) is 2. The van der Waals surface area contributed by atoms with Gasteiger partial charge in [0.1, 0.15) is 5.40 Å². The van der Waals surface area contributed by atoms with Crippen molar-refractivity contribution in [1.29, 1.82) is 5.26 Å². The van der Waals surface area contributed by atoms with E-state index in [0.29, 0.717) is 11.5 Å². The number of fused-ring (bicyclic) bond motifs is 1. The molecule has 6 nitrogen and oxygen atoms in total. The van der Waals surface area contributed by atoms with Crippen LogP contribution in [0, 0.1) is 10.7 Å². The van der Waals surface area contributed by atoms with Crippen molar-refractivity contribution in [3.63, 3.8) is 0 Å². The van der Waals surface area contributed by atoms with Crippen LogP contribution in [0.4, 0.5) is 0 Å². The third kappa shape index (κ3) is 3.32. The van der Waals surface area contributed by atoms with Crippen LogP contribution >= 0.6 is 35.1 Å². The Hall–Kier alpha value is -1.43. The highest BCUT2D eigenvalue weighted by molar-refractivity contribution is 8.05. The molecule has 0 amide bonds. The average Bonchev–Trinajstić information content (AvgIpc) is 2.33. The van der Waals surface area contributed by atoms with E-state index in [1.165, 1.54) is 17.8 Å². The number of hydrogen-bond acceptors (Lipinski definition) is 8. The molecule has 0 aliphatic heterocycles. The molecule has 9 heteroatoms. The summed E-state index contributed by atoms with van der Waals surface area (Å²) in [4.78, 5) is 26.7. The van der Waals surface area contributed by atoms with E-state index < -0.39 is 11.2 Å². The lowest BCUT2D eigenvalue weighted by Crippen LogP contribution is -2.15. The van der Waals surface area contributed by atoms with Gasteiger partial charge in [0, 0.05) is 17.6 Å². The topological polar surface area (TPSA) is 97.1 Å². The molecule has 2 aromatic rings. The number of thiocyanates is 1. The first-order valence-corrected chi connectivity index (χ1v) is 7.25. The van der Waals surface area contributed by atoms with Crippen LogP contribution in [0.2, 0.25) is 5.22 Å². The fourth-order valence-corrected chi connectivity index (χ4v) is 2.65. The normalized spacial score (nSPS) is 10.5. The summed E-state index contributed by atoms with van der Waals surface area (Å²) in [6.07, 6.45) is 0. The second-order valence-electron chi connectivity index (χ2n) is 3.15. The van der Waals surface area contributed by atoms with Crippen molar-refractivity contribution in [3.05, 3.63) is 32.1 Å². The zero-order valence-corrected chi connectivity index (χ0v) is 11.6. The molecule has 2 heterocycles. The molecular formula is C10H5ClN2O4S2. The van der Waals surface area contributed by atoms with Gasteiger partial charge in [-0.2, -0.15) is 10.2 Å². The van der Waals surface area contributed by atoms with Crippen molar-refractivity contribution in [2.75, 3.05) is 11.5 Å². The summed E-state index contributed by atoms with van der Waals surface area (Å²) in [5, 5.41) is 9.99. The summed E-state index contributed by atoms with van der Waals surface area (Å²) in [6.45, 7) is 0. The minimum atomic E-state index is -0.875. The minimum Gasteiger partial charge on any atom is -0.432 e. The SMILES string of the molecule is N#CSCCSc1nc(=O)c2c(=O)oc(Cl)cc2o1. The Labute approximate surface area is 119 Å². The molecule has 0 fully saturated rings. The third-order valence-electron chi connectivity index (χ3n) is 1.96. The van der Waals surface area contributed by atoms with Crippen molar-refractivity contribution in [2.24, 2.45) is 0 Å².